The first-order valence-electron chi connectivity index (χ1n) is 13.8. The van der Waals surface area contributed by atoms with Gasteiger partial charge in [-0.05, 0) is 82.0 Å². The smallest absolute Gasteiger partial charge is 0.264 e. The third-order valence-electron chi connectivity index (χ3n) is 7.26. The Morgan fingerprint density at radius 3 is 2.17 bits per heavy atom. The average molecular weight is 580 g/mol. The first kappa shape index (κ1) is 31.7. The van der Waals surface area contributed by atoms with Gasteiger partial charge >= 0.3 is 0 Å². The molecule has 3 aromatic rings. The number of ether oxygens (including phenoxy) is 1. The number of carbonyl (C=O) groups is 2. The Bertz CT molecular complexity index is 1470. The summed E-state index contributed by atoms with van der Waals surface area (Å²) >= 11 is 0. The lowest BCUT2D eigenvalue weighted by Crippen LogP contribution is -2.52. The van der Waals surface area contributed by atoms with Crippen LogP contribution in [0.4, 0.5) is 5.69 Å². The summed E-state index contributed by atoms with van der Waals surface area (Å²) < 4.78 is 34.8. The standard InChI is InChI=1S/C32H41N3O5S/c1-8-25(5)33-32(37)26(6)34(20-27-12-10-9-11-24(27)4)31(36)21-35(29-19-23(3)15-18-30(29)40-7)41(38,39)28-16-13-22(2)14-17-28/h9-19,25-26H,8,20-21H2,1-7H3,(H,33,37)/t25-,26+/m0/s1. The molecule has 0 aliphatic carbocycles. The van der Waals surface area contributed by atoms with Crippen molar-refractivity contribution in [1.82, 2.24) is 10.2 Å². The van der Waals surface area contributed by atoms with Crippen LogP contribution in [0.5, 0.6) is 5.75 Å². The third kappa shape index (κ3) is 7.67. The lowest BCUT2D eigenvalue weighted by atomic mass is 10.1. The van der Waals surface area contributed by atoms with Crippen molar-refractivity contribution < 1.29 is 22.7 Å². The number of hydrogen-bond donors (Lipinski definition) is 1. The normalized spacial score (nSPS) is 12.8. The highest BCUT2D eigenvalue weighted by molar-refractivity contribution is 7.92. The number of hydrogen-bond acceptors (Lipinski definition) is 5. The predicted molar refractivity (Wildman–Crippen MR) is 163 cm³/mol. The number of aryl methyl sites for hydroxylation is 3. The van der Waals surface area contributed by atoms with Crippen molar-refractivity contribution in [3.05, 3.63) is 89.0 Å². The molecule has 0 heterocycles. The van der Waals surface area contributed by atoms with Gasteiger partial charge in [-0.1, -0.05) is 55.0 Å². The molecule has 1 N–H and O–H groups in total. The summed E-state index contributed by atoms with van der Waals surface area (Å²) in [6, 6.07) is 18.4. The van der Waals surface area contributed by atoms with E-state index in [4.69, 9.17) is 4.74 Å². The van der Waals surface area contributed by atoms with Crippen molar-refractivity contribution in [3.63, 3.8) is 0 Å². The van der Waals surface area contributed by atoms with Crippen molar-refractivity contribution in [1.29, 1.82) is 0 Å². The number of amides is 2. The molecule has 220 valence electrons. The van der Waals surface area contributed by atoms with Crippen LogP contribution in [-0.4, -0.2) is 50.9 Å². The lowest BCUT2D eigenvalue weighted by molar-refractivity contribution is -0.139. The molecular weight excluding hydrogens is 538 g/mol. The van der Waals surface area contributed by atoms with E-state index in [1.807, 2.05) is 65.0 Å². The average Bonchev–Trinajstić information content (AvgIpc) is 2.95. The molecule has 9 heteroatoms. The van der Waals surface area contributed by atoms with Crippen LogP contribution in [0.2, 0.25) is 0 Å². The van der Waals surface area contributed by atoms with Gasteiger partial charge in [0.15, 0.2) is 0 Å². The van der Waals surface area contributed by atoms with Crippen LogP contribution >= 0.6 is 0 Å². The van der Waals surface area contributed by atoms with Crippen molar-refractivity contribution in [3.8, 4) is 5.75 Å². The minimum atomic E-state index is -4.19. The zero-order valence-corrected chi connectivity index (χ0v) is 25.8. The number of sulfonamides is 1. The molecule has 0 fully saturated rings. The quantitative estimate of drug-likeness (QED) is 0.320. The number of rotatable bonds is 12. The van der Waals surface area contributed by atoms with Crippen molar-refractivity contribution in [2.75, 3.05) is 18.0 Å². The van der Waals surface area contributed by atoms with Crippen LogP contribution in [-0.2, 0) is 26.2 Å². The van der Waals surface area contributed by atoms with Crippen LogP contribution in [0, 0.1) is 20.8 Å². The zero-order valence-electron chi connectivity index (χ0n) is 25.0. The maximum atomic E-state index is 14.2. The van der Waals surface area contributed by atoms with Gasteiger partial charge in [-0.15, -0.1) is 0 Å². The Morgan fingerprint density at radius 2 is 1.56 bits per heavy atom. The largest absolute Gasteiger partial charge is 0.495 e. The monoisotopic (exact) mass is 579 g/mol. The van der Waals surface area contributed by atoms with Gasteiger partial charge < -0.3 is 15.0 Å². The van der Waals surface area contributed by atoms with Crippen LogP contribution in [0.25, 0.3) is 0 Å². The van der Waals surface area contributed by atoms with Crippen molar-refractivity contribution in [2.24, 2.45) is 0 Å². The van der Waals surface area contributed by atoms with Crippen LogP contribution in [0.3, 0.4) is 0 Å². The number of benzene rings is 3. The molecule has 0 spiro atoms. The van der Waals surface area contributed by atoms with Crippen LogP contribution < -0.4 is 14.4 Å². The molecule has 0 unspecified atom stereocenters. The van der Waals surface area contributed by atoms with Gasteiger partial charge in [0.25, 0.3) is 10.0 Å². The summed E-state index contributed by atoms with van der Waals surface area (Å²) in [5.41, 5.74) is 3.78. The number of nitrogens with zero attached hydrogens (tertiary/aromatic N) is 2. The SMILES string of the molecule is CC[C@H](C)NC(=O)[C@@H](C)N(Cc1ccccc1C)C(=O)CN(c1cc(C)ccc1OC)S(=O)(=O)c1ccc(C)cc1. The highest BCUT2D eigenvalue weighted by atomic mass is 32.2. The molecular formula is C32H41N3O5S. The molecule has 2 atom stereocenters. The maximum absolute atomic E-state index is 14.2. The molecule has 0 saturated carbocycles. The Labute approximate surface area is 244 Å². The van der Waals surface area contributed by atoms with Crippen LogP contribution in [0.1, 0.15) is 49.4 Å². The fourth-order valence-corrected chi connectivity index (χ4v) is 5.78. The number of carbonyl (C=O) groups excluding carboxylic acids is 2. The maximum Gasteiger partial charge on any atom is 0.264 e. The van der Waals surface area contributed by atoms with Crippen LogP contribution in [0.15, 0.2) is 71.6 Å². The molecule has 0 aromatic heterocycles. The lowest BCUT2D eigenvalue weighted by Gasteiger charge is -2.33. The fraction of sp³-hybridized carbons (Fsp3) is 0.375. The second kappa shape index (κ2) is 13.7. The molecule has 8 nitrogen and oxygen atoms in total. The zero-order chi connectivity index (χ0) is 30.3. The van der Waals surface area contributed by atoms with Gasteiger partial charge in [0, 0.05) is 12.6 Å². The molecule has 0 saturated heterocycles. The van der Waals surface area contributed by atoms with E-state index in [0.29, 0.717) is 5.75 Å². The summed E-state index contributed by atoms with van der Waals surface area (Å²) in [7, 11) is -2.74. The van der Waals surface area contributed by atoms with E-state index >= 15 is 0 Å². The van der Waals surface area contributed by atoms with Gasteiger partial charge in [-0.25, -0.2) is 8.42 Å². The second-order valence-electron chi connectivity index (χ2n) is 10.4. The summed E-state index contributed by atoms with van der Waals surface area (Å²) in [5, 5.41) is 2.95. The Hall–Kier alpha value is -3.85. The molecule has 41 heavy (non-hydrogen) atoms. The molecule has 3 rings (SSSR count). The summed E-state index contributed by atoms with van der Waals surface area (Å²) in [6.07, 6.45) is 0.736. The molecule has 0 aliphatic heterocycles. The topological polar surface area (TPSA) is 96.0 Å². The van der Waals surface area contributed by atoms with Gasteiger partial charge in [0.05, 0.1) is 17.7 Å². The van der Waals surface area contributed by atoms with Gasteiger partial charge in [0.1, 0.15) is 18.3 Å². The van der Waals surface area contributed by atoms with Gasteiger partial charge in [-0.2, -0.15) is 0 Å². The number of methoxy groups -OCH3 is 1. The van der Waals surface area contributed by atoms with E-state index in [2.05, 4.69) is 5.32 Å². The summed E-state index contributed by atoms with van der Waals surface area (Å²) in [5.74, 6) is -0.506. The number of anilines is 1. The fourth-order valence-electron chi connectivity index (χ4n) is 4.36. The molecule has 0 aliphatic rings. The Kier molecular flexibility index (Phi) is 10.6. The highest BCUT2D eigenvalue weighted by Gasteiger charge is 2.34. The first-order chi connectivity index (χ1) is 19.4. The minimum absolute atomic E-state index is 0.0486. The van der Waals surface area contributed by atoms with E-state index in [0.717, 1.165) is 33.0 Å². The molecule has 3 aromatic carbocycles. The third-order valence-corrected chi connectivity index (χ3v) is 9.04. The molecule has 0 radical (unpaired) electrons. The highest BCUT2D eigenvalue weighted by Crippen LogP contribution is 2.34. The van der Waals surface area contributed by atoms with Crippen molar-refractivity contribution >= 4 is 27.5 Å². The first-order valence-corrected chi connectivity index (χ1v) is 15.2. The second-order valence-corrected chi connectivity index (χ2v) is 12.3. The Morgan fingerprint density at radius 1 is 0.927 bits per heavy atom. The van der Waals surface area contributed by atoms with Gasteiger partial charge in [0.2, 0.25) is 11.8 Å². The van der Waals surface area contributed by atoms with E-state index in [1.54, 1.807) is 31.2 Å². The van der Waals surface area contributed by atoms with E-state index in [-0.39, 0.29) is 29.1 Å². The summed E-state index contributed by atoms with van der Waals surface area (Å²) in [6.45, 7) is 10.8. The molecule has 2 amide bonds. The van der Waals surface area contributed by atoms with E-state index in [1.165, 1.54) is 24.1 Å². The van der Waals surface area contributed by atoms with Gasteiger partial charge in [-0.3, -0.25) is 13.9 Å². The van der Waals surface area contributed by atoms with E-state index in [9.17, 15) is 18.0 Å². The Balaban J connectivity index is 2.11. The van der Waals surface area contributed by atoms with E-state index < -0.39 is 28.5 Å². The summed E-state index contributed by atoms with van der Waals surface area (Å²) in [4.78, 5) is 28.9. The number of nitrogens with one attached hydrogen (secondary N) is 1. The molecule has 0 bridgehead atoms. The minimum Gasteiger partial charge on any atom is -0.495 e. The predicted octanol–water partition coefficient (Wildman–Crippen LogP) is 5.15. The van der Waals surface area contributed by atoms with Crippen molar-refractivity contribution in [2.45, 2.75) is 71.5 Å².